The first-order valence-corrected chi connectivity index (χ1v) is 8.09. The first-order chi connectivity index (χ1) is 10.7. The zero-order chi connectivity index (χ0) is 16.8. The van der Waals surface area contributed by atoms with Crippen LogP contribution in [0.15, 0.2) is 12.1 Å². The SMILES string of the molecule is CC(C)(CC(N)=O)Cc1nc2ccc(Cl)nc2n1[C@H]1C[C@H](F)C1. The van der Waals surface area contributed by atoms with E-state index in [0.717, 1.165) is 11.3 Å². The highest BCUT2D eigenvalue weighted by Gasteiger charge is 2.35. The lowest BCUT2D eigenvalue weighted by molar-refractivity contribution is -0.119. The molecular weight excluding hydrogens is 319 g/mol. The lowest BCUT2D eigenvalue weighted by Crippen LogP contribution is -2.31. The average molecular weight is 339 g/mol. The van der Waals surface area contributed by atoms with E-state index in [1.807, 2.05) is 24.5 Å². The van der Waals surface area contributed by atoms with Crippen molar-refractivity contribution in [3.05, 3.63) is 23.1 Å². The highest BCUT2D eigenvalue weighted by Crippen LogP contribution is 2.39. The molecule has 124 valence electrons. The van der Waals surface area contributed by atoms with Crippen LogP contribution in [0.2, 0.25) is 5.15 Å². The molecule has 0 bridgehead atoms. The van der Waals surface area contributed by atoms with E-state index in [4.69, 9.17) is 17.3 Å². The maximum absolute atomic E-state index is 13.3. The maximum atomic E-state index is 13.3. The summed E-state index contributed by atoms with van der Waals surface area (Å²) in [6, 6.07) is 3.55. The zero-order valence-corrected chi connectivity index (χ0v) is 14.0. The van der Waals surface area contributed by atoms with Crippen LogP contribution >= 0.6 is 11.6 Å². The molecule has 1 fully saturated rings. The second-order valence-corrected chi connectivity index (χ2v) is 7.47. The van der Waals surface area contributed by atoms with Gasteiger partial charge in [0.15, 0.2) is 5.65 Å². The van der Waals surface area contributed by atoms with Crippen LogP contribution in [0.3, 0.4) is 0 Å². The van der Waals surface area contributed by atoms with Gasteiger partial charge in [0.2, 0.25) is 5.91 Å². The molecule has 0 saturated heterocycles. The first-order valence-electron chi connectivity index (χ1n) is 7.71. The molecule has 0 spiro atoms. The predicted octanol–water partition coefficient (Wildman–Crippen LogP) is 3.20. The summed E-state index contributed by atoms with van der Waals surface area (Å²) in [5.41, 5.74) is 6.43. The molecule has 3 rings (SSSR count). The Bertz CT molecular complexity index is 752. The lowest BCUT2D eigenvalue weighted by Gasteiger charge is -2.33. The largest absolute Gasteiger partial charge is 0.370 e. The van der Waals surface area contributed by atoms with Crippen molar-refractivity contribution in [2.24, 2.45) is 11.1 Å². The third-order valence-electron chi connectivity index (χ3n) is 4.29. The second-order valence-electron chi connectivity index (χ2n) is 7.08. The molecule has 2 N–H and O–H groups in total. The van der Waals surface area contributed by atoms with Gasteiger partial charge in [-0.05, 0) is 30.4 Å². The molecule has 23 heavy (non-hydrogen) atoms. The van der Waals surface area contributed by atoms with E-state index in [9.17, 15) is 9.18 Å². The molecule has 1 aliphatic carbocycles. The average Bonchev–Trinajstić information content (AvgIpc) is 2.69. The number of hydrogen-bond donors (Lipinski definition) is 1. The Morgan fingerprint density at radius 2 is 2.13 bits per heavy atom. The Morgan fingerprint density at radius 3 is 2.74 bits per heavy atom. The number of imidazole rings is 1. The van der Waals surface area contributed by atoms with Gasteiger partial charge in [-0.15, -0.1) is 0 Å². The number of alkyl halides is 1. The Hall–Kier alpha value is -1.69. The van der Waals surface area contributed by atoms with Gasteiger partial charge < -0.3 is 10.3 Å². The fraction of sp³-hybridized carbons (Fsp3) is 0.562. The zero-order valence-electron chi connectivity index (χ0n) is 13.2. The van der Waals surface area contributed by atoms with E-state index in [1.54, 1.807) is 6.07 Å². The smallest absolute Gasteiger partial charge is 0.217 e. The molecule has 2 aromatic rings. The highest BCUT2D eigenvalue weighted by atomic mass is 35.5. The second kappa shape index (κ2) is 5.74. The number of carbonyl (C=O) groups is 1. The molecule has 0 atom stereocenters. The van der Waals surface area contributed by atoms with Crippen LogP contribution in [0.25, 0.3) is 11.2 Å². The van der Waals surface area contributed by atoms with Crippen molar-refractivity contribution in [3.63, 3.8) is 0 Å². The number of hydrogen-bond acceptors (Lipinski definition) is 3. The number of nitrogens with two attached hydrogens (primary N) is 1. The molecule has 7 heteroatoms. The van der Waals surface area contributed by atoms with Gasteiger partial charge in [0, 0.05) is 18.9 Å². The van der Waals surface area contributed by atoms with Crippen LogP contribution in [-0.4, -0.2) is 26.6 Å². The maximum Gasteiger partial charge on any atom is 0.217 e. The molecule has 0 aromatic carbocycles. The molecule has 1 aliphatic rings. The third-order valence-corrected chi connectivity index (χ3v) is 4.50. The van der Waals surface area contributed by atoms with E-state index >= 15 is 0 Å². The number of nitrogens with zero attached hydrogens (tertiary/aromatic N) is 3. The van der Waals surface area contributed by atoms with Crippen LogP contribution in [0.4, 0.5) is 4.39 Å². The van der Waals surface area contributed by atoms with Gasteiger partial charge >= 0.3 is 0 Å². The van der Waals surface area contributed by atoms with E-state index in [0.29, 0.717) is 30.1 Å². The van der Waals surface area contributed by atoms with Crippen molar-refractivity contribution in [3.8, 4) is 0 Å². The topological polar surface area (TPSA) is 73.8 Å². The number of pyridine rings is 1. The molecule has 5 nitrogen and oxygen atoms in total. The van der Waals surface area contributed by atoms with E-state index in [-0.39, 0.29) is 23.8 Å². The van der Waals surface area contributed by atoms with Gasteiger partial charge in [-0.25, -0.2) is 14.4 Å². The molecule has 0 unspecified atom stereocenters. The molecule has 2 aromatic heterocycles. The van der Waals surface area contributed by atoms with Crippen molar-refractivity contribution >= 4 is 28.7 Å². The molecular formula is C16H20ClFN4O. The third kappa shape index (κ3) is 3.32. The minimum absolute atomic E-state index is 0.0420. The van der Waals surface area contributed by atoms with Gasteiger partial charge in [0.1, 0.15) is 22.7 Å². The van der Waals surface area contributed by atoms with Crippen molar-refractivity contribution in [1.82, 2.24) is 14.5 Å². The van der Waals surface area contributed by atoms with Crippen LogP contribution in [0, 0.1) is 5.41 Å². The molecule has 0 radical (unpaired) electrons. The first kappa shape index (κ1) is 16.2. The summed E-state index contributed by atoms with van der Waals surface area (Å²) in [6.45, 7) is 3.95. The fourth-order valence-corrected chi connectivity index (χ4v) is 3.34. The molecule has 0 aliphatic heterocycles. The fourth-order valence-electron chi connectivity index (χ4n) is 3.20. The Labute approximate surface area is 139 Å². The van der Waals surface area contributed by atoms with Crippen LogP contribution in [-0.2, 0) is 11.2 Å². The summed E-state index contributed by atoms with van der Waals surface area (Å²) in [4.78, 5) is 20.3. The van der Waals surface area contributed by atoms with Gasteiger partial charge in [-0.3, -0.25) is 4.79 Å². The van der Waals surface area contributed by atoms with Gasteiger partial charge in [-0.1, -0.05) is 25.4 Å². The van der Waals surface area contributed by atoms with E-state index in [1.165, 1.54) is 0 Å². The van der Waals surface area contributed by atoms with E-state index in [2.05, 4.69) is 9.97 Å². The number of primary amides is 1. The monoisotopic (exact) mass is 338 g/mol. The molecule has 2 heterocycles. The summed E-state index contributed by atoms with van der Waals surface area (Å²) in [6.07, 6.45) is 0.979. The Morgan fingerprint density at radius 1 is 1.43 bits per heavy atom. The number of carbonyl (C=O) groups excluding carboxylic acids is 1. The van der Waals surface area contributed by atoms with Gasteiger partial charge in [0.05, 0.1) is 0 Å². The van der Waals surface area contributed by atoms with Crippen LogP contribution < -0.4 is 5.73 Å². The van der Waals surface area contributed by atoms with Gasteiger partial charge in [-0.2, -0.15) is 0 Å². The normalized spacial score (nSPS) is 21.4. The van der Waals surface area contributed by atoms with Gasteiger partial charge in [0.25, 0.3) is 0 Å². The summed E-state index contributed by atoms with van der Waals surface area (Å²) in [7, 11) is 0. The number of aromatic nitrogens is 3. The predicted molar refractivity (Wildman–Crippen MR) is 87.0 cm³/mol. The van der Waals surface area contributed by atoms with Crippen molar-refractivity contribution in [1.29, 1.82) is 0 Å². The van der Waals surface area contributed by atoms with E-state index < -0.39 is 6.17 Å². The van der Waals surface area contributed by atoms with Crippen LogP contribution in [0.1, 0.15) is 45.0 Å². The number of amides is 1. The quantitative estimate of drug-likeness (QED) is 0.851. The summed E-state index contributed by atoms with van der Waals surface area (Å²) in [5.74, 6) is 0.462. The molecule has 1 saturated carbocycles. The van der Waals surface area contributed by atoms with Crippen molar-refractivity contribution in [2.75, 3.05) is 0 Å². The summed E-state index contributed by atoms with van der Waals surface area (Å²) < 4.78 is 15.3. The molecule has 1 amide bonds. The highest BCUT2D eigenvalue weighted by molar-refractivity contribution is 6.29. The summed E-state index contributed by atoms with van der Waals surface area (Å²) in [5, 5.41) is 0.387. The number of fused-ring (bicyclic) bond motifs is 1. The standard InChI is InChI=1S/C16H20ClFN4O/c1-16(2,7-13(19)23)8-14-20-11-3-4-12(17)21-15(11)22(14)10-5-9(18)6-10/h3-4,9-10H,5-8H2,1-2H3,(H2,19,23)/t9-,10-. The summed E-state index contributed by atoms with van der Waals surface area (Å²) >= 11 is 6.01. The minimum Gasteiger partial charge on any atom is -0.370 e. The number of halogens is 2. The number of rotatable bonds is 5. The Kier molecular flexibility index (Phi) is 4.04. The van der Waals surface area contributed by atoms with Crippen molar-refractivity contribution < 1.29 is 9.18 Å². The minimum atomic E-state index is -0.775. The Balaban J connectivity index is 2.01. The van der Waals surface area contributed by atoms with Crippen molar-refractivity contribution in [2.45, 2.75) is 51.7 Å². The lowest BCUT2D eigenvalue weighted by atomic mass is 9.84. The van der Waals surface area contributed by atoms with Crippen LogP contribution in [0.5, 0.6) is 0 Å².